The van der Waals surface area contributed by atoms with E-state index in [1.165, 1.54) is 6.26 Å². The van der Waals surface area contributed by atoms with E-state index in [1.807, 2.05) is 91.0 Å². The molecule has 0 bridgehead atoms. The Hall–Kier alpha value is -3.82. The van der Waals surface area contributed by atoms with Gasteiger partial charge in [0.2, 0.25) is 0 Å². The van der Waals surface area contributed by atoms with Gasteiger partial charge in [0.05, 0.1) is 26.4 Å². The number of hydrogen-bond donors (Lipinski definition) is 1. The maximum atomic E-state index is 11.6. The Balaban J connectivity index is 1.38. The van der Waals surface area contributed by atoms with Crippen molar-refractivity contribution in [3.8, 4) is 0 Å². The summed E-state index contributed by atoms with van der Waals surface area (Å²) in [6, 6.07) is 29.7. The van der Waals surface area contributed by atoms with Crippen LogP contribution in [0.5, 0.6) is 0 Å². The number of rotatable bonds is 12. The van der Waals surface area contributed by atoms with Crippen LogP contribution in [0, 0.1) is 0 Å². The second-order valence-corrected chi connectivity index (χ2v) is 9.06. The molecule has 2 N–H and O–H groups in total. The summed E-state index contributed by atoms with van der Waals surface area (Å²) >= 11 is 0. The van der Waals surface area contributed by atoms with Crippen LogP contribution >= 0.6 is 0 Å². The van der Waals surface area contributed by atoms with Gasteiger partial charge in [-0.3, -0.25) is 4.79 Å². The Bertz CT molecular complexity index is 1280. The lowest BCUT2D eigenvalue weighted by molar-refractivity contribution is -0.0898. The van der Waals surface area contributed by atoms with Crippen LogP contribution in [0.1, 0.15) is 39.2 Å². The smallest absolute Gasteiger partial charge is 0.304 e. The molecule has 0 unspecified atom stereocenters. The SMILES string of the molecule is NC(=O)c1nc([C@@H]2O[C@H](COCc3ccccc3)[C@@H](OCc3ccccc3)[C@H]2OCc2ccccc2)co1. The highest BCUT2D eigenvalue weighted by Crippen LogP contribution is 2.38. The van der Waals surface area contributed by atoms with E-state index in [1.54, 1.807) is 0 Å². The van der Waals surface area contributed by atoms with Gasteiger partial charge in [-0.05, 0) is 16.7 Å². The Morgan fingerprint density at radius 1 is 0.763 bits per heavy atom. The predicted octanol–water partition coefficient (Wildman–Crippen LogP) is 4.60. The van der Waals surface area contributed by atoms with Gasteiger partial charge >= 0.3 is 5.91 Å². The van der Waals surface area contributed by atoms with E-state index in [2.05, 4.69) is 4.98 Å². The van der Waals surface area contributed by atoms with Gasteiger partial charge in [-0.1, -0.05) is 91.0 Å². The minimum Gasteiger partial charge on any atom is -0.441 e. The molecule has 1 amide bonds. The van der Waals surface area contributed by atoms with E-state index in [4.69, 9.17) is 29.1 Å². The zero-order valence-corrected chi connectivity index (χ0v) is 20.8. The third-order valence-corrected chi connectivity index (χ3v) is 6.30. The first-order valence-corrected chi connectivity index (χ1v) is 12.5. The third-order valence-electron chi connectivity index (χ3n) is 6.30. The van der Waals surface area contributed by atoms with Crippen molar-refractivity contribution in [1.29, 1.82) is 0 Å². The molecule has 5 rings (SSSR count). The monoisotopic (exact) mass is 514 g/mol. The van der Waals surface area contributed by atoms with Crippen LogP contribution in [-0.2, 0) is 38.8 Å². The average molecular weight is 515 g/mol. The molecule has 1 aliphatic rings. The first kappa shape index (κ1) is 25.8. The van der Waals surface area contributed by atoms with Crippen molar-refractivity contribution in [2.75, 3.05) is 6.61 Å². The van der Waals surface area contributed by atoms with Crippen LogP contribution in [0.2, 0.25) is 0 Å². The molecule has 3 aromatic carbocycles. The van der Waals surface area contributed by atoms with Crippen LogP contribution in [0.4, 0.5) is 0 Å². The molecule has 8 nitrogen and oxygen atoms in total. The minimum atomic E-state index is -0.754. The molecule has 1 aromatic heterocycles. The first-order valence-electron chi connectivity index (χ1n) is 12.5. The number of ether oxygens (including phenoxy) is 4. The second kappa shape index (κ2) is 12.6. The van der Waals surface area contributed by atoms with Crippen LogP contribution in [0.15, 0.2) is 102 Å². The normalized spacial score (nSPS) is 20.9. The summed E-state index contributed by atoms with van der Waals surface area (Å²) in [5.74, 6) is -0.938. The molecule has 4 aromatic rings. The molecule has 4 atom stereocenters. The van der Waals surface area contributed by atoms with Gasteiger partial charge in [0.25, 0.3) is 5.89 Å². The first-order chi connectivity index (χ1) is 18.7. The molecule has 2 heterocycles. The van der Waals surface area contributed by atoms with Gasteiger partial charge < -0.3 is 29.1 Å². The molecule has 1 saturated heterocycles. The molecule has 0 radical (unpaired) electrons. The number of carbonyl (C=O) groups excluding carboxylic acids is 1. The van der Waals surface area contributed by atoms with E-state index in [9.17, 15) is 4.79 Å². The zero-order valence-electron chi connectivity index (χ0n) is 20.8. The lowest BCUT2D eigenvalue weighted by atomic mass is 10.1. The summed E-state index contributed by atoms with van der Waals surface area (Å²) in [7, 11) is 0. The Labute approximate surface area is 221 Å². The summed E-state index contributed by atoms with van der Waals surface area (Å²) in [6.07, 6.45) is -0.752. The lowest BCUT2D eigenvalue weighted by Gasteiger charge is -2.25. The summed E-state index contributed by atoms with van der Waals surface area (Å²) in [6.45, 7) is 1.42. The number of carbonyl (C=O) groups is 1. The van der Waals surface area contributed by atoms with Crippen LogP contribution < -0.4 is 5.73 Å². The van der Waals surface area contributed by atoms with Crippen LogP contribution in [0.3, 0.4) is 0 Å². The minimum absolute atomic E-state index is 0.184. The molecule has 8 heteroatoms. The van der Waals surface area contributed by atoms with Crippen molar-refractivity contribution in [2.24, 2.45) is 5.73 Å². The number of benzene rings is 3. The maximum absolute atomic E-state index is 11.6. The number of hydrogen-bond acceptors (Lipinski definition) is 7. The molecule has 0 spiro atoms. The van der Waals surface area contributed by atoms with Crippen molar-refractivity contribution in [1.82, 2.24) is 4.98 Å². The molecular weight excluding hydrogens is 484 g/mol. The fourth-order valence-electron chi connectivity index (χ4n) is 4.41. The average Bonchev–Trinajstić information content (AvgIpc) is 3.58. The van der Waals surface area contributed by atoms with Gasteiger partial charge in [-0.25, -0.2) is 4.98 Å². The van der Waals surface area contributed by atoms with Crippen molar-refractivity contribution < 1.29 is 28.2 Å². The van der Waals surface area contributed by atoms with Gasteiger partial charge in [0.15, 0.2) is 0 Å². The second-order valence-electron chi connectivity index (χ2n) is 9.06. The van der Waals surface area contributed by atoms with Crippen LogP contribution in [0.25, 0.3) is 0 Å². The Morgan fingerprint density at radius 3 is 1.82 bits per heavy atom. The Kier molecular flexibility index (Phi) is 8.57. The molecule has 1 fully saturated rings. The highest BCUT2D eigenvalue weighted by molar-refractivity contribution is 5.87. The number of aromatic nitrogens is 1. The highest BCUT2D eigenvalue weighted by atomic mass is 16.6. The van der Waals surface area contributed by atoms with E-state index >= 15 is 0 Å². The molecule has 1 aliphatic heterocycles. The number of oxazole rings is 1. The molecular formula is C30H30N2O6. The molecule has 196 valence electrons. The molecule has 0 saturated carbocycles. The van der Waals surface area contributed by atoms with E-state index in [-0.39, 0.29) is 12.5 Å². The predicted molar refractivity (Wildman–Crippen MR) is 139 cm³/mol. The Morgan fingerprint density at radius 2 is 1.29 bits per heavy atom. The van der Waals surface area contributed by atoms with Crippen molar-refractivity contribution in [2.45, 2.75) is 44.2 Å². The largest absolute Gasteiger partial charge is 0.441 e. The van der Waals surface area contributed by atoms with Crippen molar-refractivity contribution in [3.05, 3.63) is 126 Å². The van der Waals surface area contributed by atoms with E-state index < -0.39 is 30.3 Å². The van der Waals surface area contributed by atoms with Crippen molar-refractivity contribution >= 4 is 5.91 Å². The summed E-state index contributed by atoms with van der Waals surface area (Å²) < 4.78 is 30.6. The van der Waals surface area contributed by atoms with Gasteiger partial charge in [-0.2, -0.15) is 0 Å². The lowest BCUT2D eigenvalue weighted by Crippen LogP contribution is -2.37. The van der Waals surface area contributed by atoms with E-state index in [0.717, 1.165) is 16.7 Å². The van der Waals surface area contributed by atoms with Gasteiger partial charge in [0, 0.05) is 0 Å². The van der Waals surface area contributed by atoms with E-state index in [0.29, 0.717) is 25.5 Å². The molecule has 38 heavy (non-hydrogen) atoms. The van der Waals surface area contributed by atoms with Gasteiger partial charge in [0.1, 0.15) is 36.4 Å². The summed E-state index contributed by atoms with van der Waals surface area (Å²) in [5.41, 5.74) is 8.88. The topological polar surface area (TPSA) is 106 Å². The quantitative estimate of drug-likeness (QED) is 0.294. The summed E-state index contributed by atoms with van der Waals surface area (Å²) in [5, 5.41) is 0. The number of primary amides is 1. The fraction of sp³-hybridized carbons (Fsp3) is 0.267. The third kappa shape index (κ3) is 6.54. The standard InChI is InChI=1S/C30H30N2O6/c31-29(33)30-32-24(19-37-30)26-28(36-18-23-14-8-3-9-15-23)27(35-17-22-12-6-2-7-13-22)25(38-26)20-34-16-21-10-4-1-5-11-21/h1-15,19,25-28H,16-18,20H2,(H2,31,33)/t25-,26+,27-,28+/m1/s1. The maximum Gasteiger partial charge on any atom is 0.304 e. The number of nitrogens with zero attached hydrogens (tertiary/aromatic N) is 1. The van der Waals surface area contributed by atoms with Crippen LogP contribution in [-0.4, -0.2) is 35.8 Å². The number of amides is 1. The fourth-order valence-corrected chi connectivity index (χ4v) is 4.41. The zero-order chi connectivity index (χ0) is 26.2. The van der Waals surface area contributed by atoms with Gasteiger partial charge in [-0.15, -0.1) is 0 Å². The summed E-state index contributed by atoms with van der Waals surface area (Å²) in [4.78, 5) is 15.9. The highest BCUT2D eigenvalue weighted by Gasteiger charge is 2.48. The molecule has 0 aliphatic carbocycles. The van der Waals surface area contributed by atoms with Crippen molar-refractivity contribution in [3.63, 3.8) is 0 Å². The number of nitrogens with two attached hydrogens (primary N) is 1.